The van der Waals surface area contributed by atoms with Gasteiger partial charge in [0.15, 0.2) is 0 Å². The fraction of sp³-hybridized carbons (Fsp3) is 0.700. The van der Waals surface area contributed by atoms with Crippen LogP contribution in [0.25, 0.3) is 0 Å². The molecule has 0 fully saturated rings. The Kier molecular flexibility index (Phi) is 14.0. The van der Waals surface area contributed by atoms with Gasteiger partial charge in [-0.3, -0.25) is 4.90 Å². The molecule has 1 aromatic rings. The Morgan fingerprint density at radius 2 is 1.32 bits per heavy atom. The van der Waals surface area contributed by atoms with E-state index in [9.17, 15) is 0 Å². The molecule has 1 nitrogen and oxygen atoms in total. The van der Waals surface area contributed by atoms with E-state index in [1.165, 1.54) is 56.9 Å². The minimum Gasteiger partial charge on any atom is -0.297 e. The van der Waals surface area contributed by atoms with E-state index in [2.05, 4.69) is 56.0 Å². The van der Waals surface area contributed by atoms with Gasteiger partial charge in [-0.15, -0.1) is 17.0 Å². The van der Waals surface area contributed by atoms with Gasteiger partial charge in [-0.1, -0.05) is 96.0 Å². The predicted octanol–water partition coefficient (Wildman–Crippen LogP) is 6.79. The summed E-state index contributed by atoms with van der Waals surface area (Å²) in [5.74, 6) is 0. The summed E-state index contributed by atoms with van der Waals surface area (Å²) in [6.07, 6.45) is 11.1. The Morgan fingerprint density at radius 1 is 0.773 bits per heavy atom. The first-order chi connectivity index (χ1) is 10.3. The lowest BCUT2D eigenvalue weighted by Gasteiger charge is -2.30. The molecule has 128 valence electrons. The maximum absolute atomic E-state index is 2.60. The molecule has 1 atom stereocenters. The van der Waals surface area contributed by atoms with E-state index >= 15 is 0 Å². The summed E-state index contributed by atoms with van der Waals surface area (Å²) in [6, 6.07) is 11.7. The van der Waals surface area contributed by atoms with Gasteiger partial charge in [0.05, 0.1) is 0 Å². The molecule has 0 spiro atoms. The van der Waals surface area contributed by atoms with Crippen molar-refractivity contribution < 1.29 is 0 Å². The van der Waals surface area contributed by atoms with Gasteiger partial charge < -0.3 is 0 Å². The van der Waals surface area contributed by atoms with Crippen LogP contribution in [-0.4, -0.2) is 18.0 Å². The molecule has 0 aliphatic carbocycles. The van der Waals surface area contributed by atoms with Crippen LogP contribution in [0.4, 0.5) is 0 Å². The molecule has 0 aromatic heterocycles. The number of halogens is 1. The smallest absolute Gasteiger partial charge is 0.0347 e. The van der Waals surface area contributed by atoms with Crippen molar-refractivity contribution in [2.75, 3.05) is 13.1 Å². The fourth-order valence-corrected chi connectivity index (χ4v) is 3.19. The lowest BCUT2D eigenvalue weighted by atomic mass is 9.98. The zero-order chi connectivity index (χ0) is 15.3. The Bertz CT molecular complexity index is 335. The Hall–Kier alpha value is -0.340. The van der Waals surface area contributed by atoms with Crippen LogP contribution in [0.15, 0.2) is 30.3 Å². The summed E-state index contributed by atoms with van der Waals surface area (Å²) in [6.45, 7) is 9.14. The largest absolute Gasteiger partial charge is 0.297 e. The van der Waals surface area contributed by atoms with Gasteiger partial charge >= 0.3 is 0 Å². The average molecular weight is 370 g/mol. The maximum Gasteiger partial charge on any atom is 0.0347 e. The fourth-order valence-electron chi connectivity index (χ4n) is 3.19. The quantitative estimate of drug-likeness (QED) is 0.366. The van der Waals surface area contributed by atoms with Crippen molar-refractivity contribution in [2.24, 2.45) is 0 Å². The van der Waals surface area contributed by atoms with Gasteiger partial charge in [0, 0.05) is 6.04 Å². The number of hydrogen-bond donors (Lipinski definition) is 0. The monoisotopic (exact) mass is 369 g/mol. The van der Waals surface area contributed by atoms with E-state index in [1.807, 2.05) is 0 Å². The SMILES string of the molecule is Br.CCCCCCCCCC(c1ccccc1)N(CC)CC. The van der Waals surface area contributed by atoms with E-state index < -0.39 is 0 Å². The van der Waals surface area contributed by atoms with Crippen LogP contribution in [0.1, 0.15) is 83.7 Å². The minimum atomic E-state index is 0. The average Bonchev–Trinajstić information content (AvgIpc) is 2.54. The van der Waals surface area contributed by atoms with E-state index in [-0.39, 0.29) is 17.0 Å². The number of nitrogens with zero attached hydrogens (tertiary/aromatic N) is 1. The van der Waals surface area contributed by atoms with Crippen LogP contribution in [0.5, 0.6) is 0 Å². The van der Waals surface area contributed by atoms with Gasteiger partial charge in [0.2, 0.25) is 0 Å². The molecule has 0 heterocycles. The summed E-state index contributed by atoms with van der Waals surface area (Å²) >= 11 is 0. The molecule has 0 N–H and O–H groups in total. The summed E-state index contributed by atoms with van der Waals surface area (Å²) < 4.78 is 0. The normalized spacial score (nSPS) is 12.2. The van der Waals surface area contributed by atoms with Gasteiger partial charge in [0.25, 0.3) is 0 Å². The lowest BCUT2D eigenvalue weighted by molar-refractivity contribution is 0.204. The van der Waals surface area contributed by atoms with Crippen LogP contribution in [-0.2, 0) is 0 Å². The first kappa shape index (κ1) is 21.7. The highest BCUT2D eigenvalue weighted by molar-refractivity contribution is 8.93. The van der Waals surface area contributed by atoms with E-state index in [0.717, 1.165) is 13.1 Å². The van der Waals surface area contributed by atoms with Crippen molar-refractivity contribution in [3.63, 3.8) is 0 Å². The number of benzene rings is 1. The molecule has 2 heteroatoms. The van der Waals surface area contributed by atoms with Gasteiger partial charge in [-0.05, 0) is 25.1 Å². The van der Waals surface area contributed by atoms with Crippen LogP contribution in [0, 0.1) is 0 Å². The predicted molar refractivity (Wildman–Crippen MR) is 105 cm³/mol. The number of unbranched alkanes of at least 4 members (excludes halogenated alkanes) is 6. The van der Waals surface area contributed by atoms with E-state index in [1.54, 1.807) is 0 Å². The van der Waals surface area contributed by atoms with Crippen molar-refractivity contribution in [3.05, 3.63) is 35.9 Å². The topological polar surface area (TPSA) is 3.24 Å². The Labute approximate surface area is 149 Å². The molecular weight excluding hydrogens is 334 g/mol. The molecule has 0 radical (unpaired) electrons. The molecule has 1 unspecified atom stereocenters. The zero-order valence-electron chi connectivity index (χ0n) is 14.9. The summed E-state index contributed by atoms with van der Waals surface area (Å²) in [7, 11) is 0. The van der Waals surface area contributed by atoms with E-state index in [4.69, 9.17) is 0 Å². The molecule has 0 bridgehead atoms. The maximum atomic E-state index is 2.60. The van der Waals surface area contributed by atoms with Gasteiger partial charge in [-0.2, -0.15) is 0 Å². The molecule has 22 heavy (non-hydrogen) atoms. The third kappa shape index (κ3) is 8.33. The second-order valence-corrected chi connectivity index (χ2v) is 6.06. The third-order valence-electron chi connectivity index (χ3n) is 4.52. The van der Waals surface area contributed by atoms with Crippen molar-refractivity contribution in [1.82, 2.24) is 4.90 Å². The molecule has 1 aromatic carbocycles. The number of rotatable bonds is 12. The molecule has 0 amide bonds. The second kappa shape index (κ2) is 14.3. The molecule has 0 saturated carbocycles. The highest BCUT2D eigenvalue weighted by Gasteiger charge is 2.16. The summed E-state index contributed by atoms with van der Waals surface area (Å²) in [5.41, 5.74) is 1.49. The molecular formula is C20H36BrN. The van der Waals surface area contributed by atoms with Crippen LogP contribution >= 0.6 is 17.0 Å². The number of hydrogen-bond acceptors (Lipinski definition) is 1. The van der Waals surface area contributed by atoms with Crippen LogP contribution < -0.4 is 0 Å². The van der Waals surface area contributed by atoms with E-state index in [0.29, 0.717) is 6.04 Å². The molecule has 0 aliphatic rings. The highest BCUT2D eigenvalue weighted by Crippen LogP contribution is 2.26. The standard InChI is InChI=1S/C20H35N.BrH/c1-4-7-8-9-10-11-15-18-20(21(5-2)6-3)19-16-13-12-14-17-19;/h12-14,16-17,20H,4-11,15,18H2,1-3H3;1H. The minimum absolute atomic E-state index is 0. The summed E-state index contributed by atoms with van der Waals surface area (Å²) in [5, 5.41) is 0. The van der Waals surface area contributed by atoms with Crippen molar-refractivity contribution in [3.8, 4) is 0 Å². The summed E-state index contributed by atoms with van der Waals surface area (Å²) in [4.78, 5) is 2.60. The molecule has 0 aliphatic heterocycles. The third-order valence-corrected chi connectivity index (χ3v) is 4.52. The van der Waals surface area contributed by atoms with Gasteiger partial charge in [0.1, 0.15) is 0 Å². The van der Waals surface area contributed by atoms with Crippen LogP contribution in [0.3, 0.4) is 0 Å². The van der Waals surface area contributed by atoms with Crippen molar-refractivity contribution in [1.29, 1.82) is 0 Å². The second-order valence-electron chi connectivity index (χ2n) is 6.06. The highest BCUT2D eigenvalue weighted by atomic mass is 79.9. The Morgan fingerprint density at radius 3 is 1.86 bits per heavy atom. The molecule has 1 rings (SSSR count). The zero-order valence-corrected chi connectivity index (χ0v) is 16.6. The first-order valence-corrected chi connectivity index (χ1v) is 9.12. The molecule has 0 saturated heterocycles. The van der Waals surface area contributed by atoms with Crippen molar-refractivity contribution >= 4 is 17.0 Å². The Balaban J connectivity index is 0.00000441. The lowest BCUT2D eigenvalue weighted by Crippen LogP contribution is -2.28. The first-order valence-electron chi connectivity index (χ1n) is 9.12. The van der Waals surface area contributed by atoms with Crippen molar-refractivity contribution in [2.45, 2.75) is 78.2 Å². The van der Waals surface area contributed by atoms with Gasteiger partial charge in [-0.25, -0.2) is 0 Å². The van der Waals surface area contributed by atoms with Crippen LogP contribution in [0.2, 0.25) is 0 Å².